The third kappa shape index (κ3) is 2.87. The number of para-hydroxylation sites is 2. The molecule has 0 unspecified atom stereocenters. The molecule has 0 aliphatic carbocycles. The van der Waals surface area contributed by atoms with Crippen molar-refractivity contribution < 1.29 is 9.53 Å². The summed E-state index contributed by atoms with van der Waals surface area (Å²) in [7, 11) is 1.52. The van der Waals surface area contributed by atoms with Crippen LogP contribution in [0.5, 0.6) is 5.75 Å². The predicted molar refractivity (Wildman–Crippen MR) is 91.4 cm³/mol. The van der Waals surface area contributed by atoms with Crippen LogP contribution in [-0.4, -0.2) is 22.6 Å². The molecule has 1 N–H and O–H groups in total. The third-order valence-corrected chi connectivity index (χ3v) is 3.84. The lowest BCUT2D eigenvalue weighted by Gasteiger charge is -2.10. The first-order chi connectivity index (χ1) is 11.1. The van der Waals surface area contributed by atoms with Crippen molar-refractivity contribution in [3.05, 3.63) is 53.1 Å². The second-order valence-electron chi connectivity index (χ2n) is 4.97. The zero-order chi connectivity index (χ0) is 16.4. The Kier molecular flexibility index (Phi) is 4.21. The van der Waals surface area contributed by atoms with Crippen LogP contribution in [-0.2, 0) is 6.54 Å². The topological polar surface area (TPSA) is 56.2 Å². The molecule has 23 heavy (non-hydrogen) atoms. The number of anilines is 1. The molecule has 1 aromatic heterocycles. The molecule has 1 heterocycles. The summed E-state index contributed by atoms with van der Waals surface area (Å²) in [4.78, 5) is 17.1. The van der Waals surface area contributed by atoms with Gasteiger partial charge in [-0.3, -0.25) is 10.1 Å². The minimum absolute atomic E-state index is 0.311. The molecule has 0 aliphatic heterocycles. The van der Waals surface area contributed by atoms with Crippen LogP contribution in [0.3, 0.4) is 0 Å². The number of nitrogens with one attached hydrogen (secondary N) is 1. The van der Waals surface area contributed by atoms with Gasteiger partial charge >= 0.3 is 0 Å². The maximum atomic E-state index is 12.6. The van der Waals surface area contributed by atoms with E-state index in [1.165, 1.54) is 7.11 Å². The van der Waals surface area contributed by atoms with Gasteiger partial charge in [0.1, 0.15) is 5.75 Å². The van der Waals surface area contributed by atoms with Gasteiger partial charge in [-0.1, -0.05) is 23.7 Å². The third-order valence-electron chi connectivity index (χ3n) is 3.60. The molecule has 0 radical (unpaired) electrons. The molecular formula is C17H16ClN3O2. The quantitative estimate of drug-likeness (QED) is 0.788. The Morgan fingerprint density at radius 3 is 2.83 bits per heavy atom. The van der Waals surface area contributed by atoms with Gasteiger partial charge in [0.05, 0.1) is 23.7 Å². The van der Waals surface area contributed by atoms with E-state index in [1.807, 2.05) is 35.8 Å². The number of benzene rings is 2. The summed E-state index contributed by atoms with van der Waals surface area (Å²) >= 11 is 5.99. The fourth-order valence-corrected chi connectivity index (χ4v) is 2.69. The highest BCUT2D eigenvalue weighted by atomic mass is 35.5. The summed E-state index contributed by atoms with van der Waals surface area (Å²) in [5, 5.41) is 3.32. The molecule has 3 aromatic rings. The smallest absolute Gasteiger partial charge is 0.261 e. The molecule has 6 heteroatoms. The fourth-order valence-electron chi connectivity index (χ4n) is 2.52. The largest absolute Gasteiger partial charge is 0.496 e. The first-order valence-corrected chi connectivity index (χ1v) is 7.62. The number of aromatic nitrogens is 2. The van der Waals surface area contributed by atoms with Gasteiger partial charge < -0.3 is 9.30 Å². The standard InChI is InChI=1S/C17H16ClN3O2/c1-3-21-14-7-5-4-6-13(14)19-17(21)20-16(22)12-10-11(18)8-9-15(12)23-2/h4-10H,3H2,1-2H3,(H,19,20,22). The van der Waals surface area contributed by atoms with Gasteiger partial charge in [-0.2, -0.15) is 0 Å². The van der Waals surface area contributed by atoms with E-state index in [9.17, 15) is 4.79 Å². The van der Waals surface area contributed by atoms with Crippen LogP contribution >= 0.6 is 11.6 Å². The highest BCUT2D eigenvalue weighted by Gasteiger charge is 2.17. The Balaban J connectivity index is 1.99. The van der Waals surface area contributed by atoms with Crippen molar-refractivity contribution in [1.29, 1.82) is 0 Å². The van der Waals surface area contributed by atoms with E-state index in [2.05, 4.69) is 10.3 Å². The maximum absolute atomic E-state index is 12.6. The van der Waals surface area contributed by atoms with E-state index in [0.717, 1.165) is 11.0 Å². The number of aryl methyl sites for hydroxylation is 1. The SMILES string of the molecule is CCn1c(NC(=O)c2cc(Cl)ccc2OC)nc2ccccc21. The van der Waals surface area contributed by atoms with Crippen molar-refractivity contribution in [3.8, 4) is 5.75 Å². The van der Waals surface area contributed by atoms with Gasteiger partial charge in [0, 0.05) is 11.6 Å². The molecule has 1 amide bonds. The molecule has 2 aromatic carbocycles. The maximum Gasteiger partial charge on any atom is 0.261 e. The van der Waals surface area contributed by atoms with E-state index >= 15 is 0 Å². The van der Waals surface area contributed by atoms with E-state index in [0.29, 0.717) is 28.8 Å². The number of amides is 1. The first kappa shape index (κ1) is 15.4. The van der Waals surface area contributed by atoms with Gasteiger partial charge in [-0.25, -0.2) is 4.98 Å². The number of imidazole rings is 1. The van der Waals surface area contributed by atoms with E-state index < -0.39 is 0 Å². The summed E-state index contributed by atoms with van der Waals surface area (Å²) in [6.07, 6.45) is 0. The number of carbonyl (C=O) groups is 1. The minimum atomic E-state index is -0.311. The number of carbonyl (C=O) groups excluding carboxylic acids is 1. The molecule has 0 spiro atoms. The van der Waals surface area contributed by atoms with Gasteiger partial charge in [-0.05, 0) is 37.3 Å². The molecule has 0 atom stereocenters. The molecular weight excluding hydrogens is 314 g/mol. The van der Waals surface area contributed by atoms with Crippen molar-refractivity contribution in [2.75, 3.05) is 12.4 Å². The number of hydrogen-bond donors (Lipinski definition) is 1. The lowest BCUT2D eigenvalue weighted by atomic mass is 10.2. The number of methoxy groups -OCH3 is 1. The van der Waals surface area contributed by atoms with Gasteiger partial charge in [0.25, 0.3) is 5.91 Å². The second kappa shape index (κ2) is 6.30. The Morgan fingerprint density at radius 2 is 2.09 bits per heavy atom. The zero-order valence-corrected chi connectivity index (χ0v) is 13.6. The molecule has 0 aliphatic rings. The fraction of sp³-hybridized carbons (Fsp3) is 0.176. The summed E-state index contributed by atoms with van der Waals surface area (Å²) in [6.45, 7) is 2.70. The Labute approximate surface area is 138 Å². The van der Waals surface area contributed by atoms with Crippen molar-refractivity contribution in [2.45, 2.75) is 13.5 Å². The highest BCUT2D eigenvalue weighted by Crippen LogP contribution is 2.25. The van der Waals surface area contributed by atoms with Crippen LogP contribution in [0, 0.1) is 0 Å². The molecule has 0 saturated heterocycles. The summed E-state index contributed by atoms with van der Waals surface area (Å²) < 4.78 is 7.18. The number of hydrogen-bond acceptors (Lipinski definition) is 3. The summed E-state index contributed by atoms with van der Waals surface area (Å²) in [6, 6.07) is 12.7. The van der Waals surface area contributed by atoms with E-state index in [-0.39, 0.29) is 5.91 Å². The van der Waals surface area contributed by atoms with E-state index in [1.54, 1.807) is 18.2 Å². The van der Waals surface area contributed by atoms with Crippen LogP contribution in [0.2, 0.25) is 5.02 Å². The molecule has 0 saturated carbocycles. The van der Waals surface area contributed by atoms with E-state index in [4.69, 9.17) is 16.3 Å². The normalized spacial score (nSPS) is 10.7. The average molecular weight is 330 g/mol. The summed E-state index contributed by atoms with van der Waals surface area (Å²) in [5.74, 6) is 0.654. The minimum Gasteiger partial charge on any atom is -0.496 e. The average Bonchev–Trinajstić information content (AvgIpc) is 2.91. The van der Waals surface area contributed by atoms with Crippen LogP contribution in [0.25, 0.3) is 11.0 Å². The predicted octanol–water partition coefficient (Wildman–Crippen LogP) is 3.97. The first-order valence-electron chi connectivity index (χ1n) is 7.24. The van der Waals surface area contributed by atoms with Crippen LogP contribution in [0.15, 0.2) is 42.5 Å². The van der Waals surface area contributed by atoms with Crippen molar-refractivity contribution in [1.82, 2.24) is 9.55 Å². The molecule has 0 fully saturated rings. The number of halogens is 1. The molecule has 0 bridgehead atoms. The molecule has 118 valence electrons. The lowest BCUT2D eigenvalue weighted by Crippen LogP contribution is -2.16. The number of rotatable bonds is 4. The number of fused-ring (bicyclic) bond motifs is 1. The van der Waals surface area contributed by atoms with Gasteiger partial charge in [0.2, 0.25) is 5.95 Å². The second-order valence-corrected chi connectivity index (χ2v) is 5.40. The van der Waals surface area contributed by atoms with Gasteiger partial charge in [-0.15, -0.1) is 0 Å². The number of nitrogens with zero attached hydrogens (tertiary/aromatic N) is 2. The van der Waals surface area contributed by atoms with Crippen molar-refractivity contribution >= 4 is 34.5 Å². The molecule has 5 nitrogen and oxygen atoms in total. The Morgan fingerprint density at radius 1 is 1.30 bits per heavy atom. The van der Waals surface area contributed by atoms with Gasteiger partial charge in [0.15, 0.2) is 0 Å². The lowest BCUT2D eigenvalue weighted by molar-refractivity contribution is 0.102. The highest BCUT2D eigenvalue weighted by molar-refractivity contribution is 6.31. The molecule has 3 rings (SSSR count). The van der Waals surface area contributed by atoms with Crippen LogP contribution in [0.4, 0.5) is 5.95 Å². The monoisotopic (exact) mass is 329 g/mol. The Bertz CT molecular complexity index is 873. The summed E-state index contributed by atoms with van der Waals surface area (Å²) in [5.41, 5.74) is 2.18. The van der Waals surface area contributed by atoms with Crippen LogP contribution < -0.4 is 10.1 Å². The Hall–Kier alpha value is -2.53. The van der Waals surface area contributed by atoms with Crippen LogP contribution in [0.1, 0.15) is 17.3 Å². The van der Waals surface area contributed by atoms with Crippen molar-refractivity contribution in [2.24, 2.45) is 0 Å². The van der Waals surface area contributed by atoms with Crippen molar-refractivity contribution in [3.63, 3.8) is 0 Å². The zero-order valence-electron chi connectivity index (χ0n) is 12.8. The number of ether oxygens (including phenoxy) is 1.